The minimum Gasteiger partial charge on any atom is -0.342 e. The molecular weight excluding hydrogens is 388 g/mol. The van der Waals surface area contributed by atoms with Crippen molar-refractivity contribution in [3.05, 3.63) is 47.5 Å². The van der Waals surface area contributed by atoms with Crippen molar-refractivity contribution in [2.45, 2.75) is 25.8 Å². The summed E-state index contributed by atoms with van der Waals surface area (Å²) in [5, 5.41) is 7.97. The summed E-state index contributed by atoms with van der Waals surface area (Å²) in [5.41, 5.74) is 2.71. The molecule has 29 heavy (non-hydrogen) atoms. The fraction of sp³-hybridized carbons (Fsp3) is 0.381. The molecule has 150 valence electrons. The van der Waals surface area contributed by atoms with Gasteiger partial charge in [-0.3, -0.25) is 9.48 Å². The van der Waals surface area contributed by atoms with Gasteiger partial charge in [-0.05, 0) is 25.0 Å². The van der Waals surface area contributed by atoms with E-state index in [4.69, 9.17) is 11.6 Å². The monoisotopic (exact) mass is 410 g/mol. The molecule has 1 fully saturated rings. The summed E-state index contributed by atoms with van der Waals surface area (Å²) in [6, 6.07) is 5.74. The quantitative estimate of drug-likeness (QED) is 0.710. The first-order valence-electron chi connectivity index (χ1n) is 9.81. The van der Waals surface area contributed by atoms with Gasteiger partial charge in [0.1, 0.15) is 17.3 Å². The number of aromatic nitrogens is 4. The number of hydrogen-bond acceptors (Lipinski definition) is 4. The number of nitrogens with zero attached hydrogens (tertiary/aromatic N) is 5. The van der Waals surface area contributed by atoms with Crippen LogP contribution in [-0.2, 0) is 13.6 Å². The second-order valence-corrected chi connectivity index (χ2v) is 8.68. The molecular formula is C21H23ClN6O. The smallest absolute Gasteiger partial charge is 0.270 e. The van der Waals surface area contributed by atoms with Crippen molar-refractivity contribution in [1.29, 1.82) is 0 Å². The Balaban J connectivity index is 1.52. The number of rotatable bonds is 3. The average molecular weight is 411 g/mol. The number of carbonyl (C=O) groups excluding carboxylic acids is 1. The average Bonchev–Trinajstić information content (AvgIpc) is 3.24. The van der Waals surface area contributed by atoms with Crippen LogP contribution in [-0.4, -0.2) is 43.7 Å². The zero-order valence-corrected chi connectivity index (χ0v) is 17.3. The van der Waals surface area contributed by atoms with E-state index in [1.165, 1.54) is 19.3 Å². The topological polar surface area (TPSA) is 68.0 Å². The summed E-state index contributed by atoms with van der Waals surface area (Å²) < 4.78 is 3.86. The lowest BCUT2D eigenvalue weighted by molar-refractivity contribution is 0.0540. The third kappa shape index (κ3) is 3.09. The molecule has 3 aromatic heterocycles. The van der Waals surface area contributed by atoms with Crippen LogP contribution in [0.5, 0.6) is 0 Å². The summed E-state index contributed by atoms with van der Waals surface area (Å²) in [6.45, 7) is 1.71. The molecule has 0 unspecified atom stereocenters. The Hall–Kier alpha value is -2.80. The van der Waals surface area contributed by atoms with E-state index in [1.54, 1.807) is 17.1 Å². The minimum absolute atomic E-state index is 0.0680. The van der Waals surface area contributed by atoms with Crippen LogP contribution in [0.2, 0.25) is 5.02 Å². The summed E-state index contributed by atoms with van der Waals surface area (Å²) in [4.78, 5) is 19.2. The summed E-state index contributed by atoms with van der Waals surface area (Å²) in [5.74, 6) is 1.58. The molecule has 1 spiro atoms. The van der Waals surface area contributed by atoms with E-state index in [2.05, 4.69) is 26.2 Å². The van der Waals surface area contributed by atoms with Crippen LogP contribution >= 0.6 is 11.6 Å². The van der Waals surface area contributed by atoms with Crippen molar-refractivity contribution in [3.63, 3.8) is 0 Å². The van der Waals surface area contributed by atoms with Crippen LogP contribution in [0.4, 0.5) is 11.6 Å². The Bertz CT molecular complexity index is 1100. The maximum absolute atomic E-state index is 12.9. The molecule has 1 N–H and O–H groups in total. The number of aryl methyl sites for hydroxylation is 1. The zero-order chi connectivity index (χ0) is 20.2. The fourth-order valence-electron chi connectivity index (χ4n) is 4.50. The Morgan fingerprint density at radius 3 is 2.72 bits per heavy atom. The molecule has 1 saturated carbocycles. The first-order chi connectivity index (χ1) is 13.9. The van der Waals surface area contributed by atoms with E-state index in [9.17, 15) is 4.79 Å². The normalized spacial score (nSPS) is 17.8. The highest BCUT2D eigenvalue weighted by Gasteiger charge is 2.42. The summed E-state index contributed by atoms with van der Waals surface area (Å²) in [6.07, 6.45) is 9.01. The van der Waals surface area contributed by atoms with E-state index < -0.39 is 0 Å². The largest absolute Gasteiger partial charge is 0.342 e. The van der Waals surface area contributed by atoms with Crippen molar-refractivity contribution in [1.82, 2.24) is 24.2 Å². The lowest BCUT2D eigenvalue weighted by Gasteiger charge is -2.42. The SMILES string of the molecule is CN1CC2(CCC2)Cn2cc(-c3cc(Nc4ccnn4C)ncc3Cl)cc2C1=O. The minimum atomic E-state index is 0.0680. The summed E-state index contributed by atoms with van der Waals surface area (Å²) in [7, 11) is 3.77. The molecule has 0 atom stereocenters. The predicted molar refractivity (Wildman–Crippen MR) is 112 cm³/mol. The first kappa shape index (κ1) is 18.2. The Labute approximate surface area is 174 Å². The number of hydrogen-bond donors (Lipinski definition) is 1. The van der Waals surface area contributed by atoms with E-state index in [1.807, 2.05) is 37.2 Å². The van der Waals surface area contributed by atoms with E-state index >= 15 is 0 Å². The molecule has 0 bridgehead atoms. The molecule has 2 aliphatic rings. The van der Waals surface area contributed by atoms with E-state index in [-0.39, 0.29) is 11.3 Å². The van der Waals surface area contributed by atoms with Crippen molar-refractivity contribution >= 4 is 29.1 Å². The van der Waals surface area contributed by atoms with Crippen LogP contribution in [0.15, 0.2) is 36.8 Å². The number of nitrogens with one attached hydrogen (secondary N) is 1. The van der Waals surface area contributed by atoms with Crippen LogP contribution in [0.1, 0.15) is 29.8 Å². The number of fused-ring (bicyclic) bond motifs is 1. The van der Waals surface area contributed by atoms with Gasteiger partial charge in [0.15, 0.2) is 0 Å². The van der Waals surface area contributed by atoms with Crippen LogP contribution in [0.3, 0.4) is 0 Å². The van der Waals surface area contributed by atoms with Gasteiger partial charge in [0, 0.05) is 62.2 Å². The van der Waals surface area contributed by atoms with Crippen molar-refractivity contribution in [3.8, 4) is 11.1 Å². The van der Waals surface area contributed by atoms with E-state index in [0.717, 1.165) is 35.7 Å². The second-order valence-electron chi connectivity index (χ2n) is 8.27. The molecule has 0 aromatic carbocycles. The van der Waals surface area contributed by atoms with Crippen molar-refractivity contribution in [2.75, 3.05) is 18.9 Å². The molecule has 5 rings (SSSR count). The molecule has 1 aliphatic heterocycles. The lowest BCUT2D eigenvalue weighted by Crippen LogP contribution is -2.42. The van der Waals surface area contributed by atoms with Gasteiger partial charge in [0.05, 0.1) is 11.2 Å². The molecule has 1 aliphatic carbocycles. The Kier molecular flexibility index (Phi) is 4.17. The maximum Gasteiger partial charge on any atom is 0.270 e. The highest BCUT2D eigenvalue weighted by atomic mass is 35.5. The fourth-order valence-corrected chi connectivity index (χ4v) is 4.71. The van der Waals surface area contributed by atoms with Crippen molar-refractivity contribution in [2.24, 2.45) is 12.5 Å². The highest BCUT2D eigenvalue weighted by Crippen LogP contribution is 2.45. The maximum atomic E-state index is 12.9. The van der Waals surface area contributed by atoms with Gasteiger partial charge in [0.2, 0.25) is 0 Å². The van der Waals surface area contributed by atoms with Gasteiger partial charge in [-0.1, -0.05) is 18.0 Å². The molecule has 3 aromatic rings. The standard InChI is InChI=1S/C21H23ClN6O/c1-26-12-21(5-3-6-21)13-28-11-14(8-17(28)20(26)29)15-9-18(23-10-16(15)22)25-19-4-7-24-27(19)2/h4,7-11H,3,5-6,12-13H2,1-2H3,(H,23,25). The van der Waals surface area contributed by atoms with Gasteiger partial charge in [-0.15, -0.1) is 0 Å². The molecule has 1 amide bonds. The van der Waals surface area contributed by atoms with E-state index in [0.29, 0.717) is 10.8 Å². The van der Waals surface area contributed by atoms with Gasteiger partial charge >= 0.3 is 0 Å². The molecule has 0 radical (unpaired) electrons. The van der Waals surface area contributed by atoms with Crippen LogP contribution < -0.4 is 5.32 Å². The Morgan fingerprint density at radius 1 is 1.21 bits per heavy atom. The zero-order valence-electron chi connectivity index (χ0n) is 16.5. The summed E-state index contributed by atoms with van der Waals surface area (Å²) >= 11 is 6.49. The number of anilines is 2. The van der Waals surface area contributed by atoms with Crippen molar-refractivity contribution < 1.29 is 4.79 Å². The van der Waals surface area contributed by atoms with Crippen LogP contribution in [0, 0.1) is 5.41 Å². The van der Waals surface area contributed by atoms with Gasteiger partial charge in [-0.25, -0.2) is 4.98 Å². The van der Waals surface area contributed by atoms with Gasteiger partial charge in [0.25, 0.3) is 5.91 Å². The van der Waals surface area contributed by atoms with Gasteiger partial charge in [-0.2, -0.15) is 5.10 Å². The lowest BCUT2D eigenvalue weighted by atomic mass is 9.68. The highest BCUT2D eigenvalue weighted by molar-refractivity contribution is 6.33. The van der Waals surface area contributed by atoms with Crippen LogP contribution in [0.25, 0.3) is 11.1 Å². The third-order valence-corrected chi connectivity index (χ3v) is 6.50. The third-order valence-electron chi connectivity index (χ3n) is 6.20. The Morgan fingerprint density at radius 2 is 2.03 bits per heavy atom. The molecule has 4 heterocycles. The first-order valence-corrected chi connectivity index (χ1v) is 10.2. The number of carbonyl (C=O) groups is 1. The predicted octanol–water partition coefficient (Wildman–Crippen LogP) is 3.94. The number of pyridine rings is 1. The number of halogens is 1. The second kappa shape index (κ2) is 6.62. The van der Waals surface area contributed by atoms with Gasteiger partial charge < -0.3 is 14.8 Å². The molecule has 7 nitrogen and oxygen atoms in total. The molecule has 8 heteroatoms. The number of amides is 1. The molecule has 0 saturated heterocycles.